The summed E-state index contributed by atoms with van der Waals surface area (Å²) in [5, 5.41) is 10.3. The van der Waals surface area contributed by atoms with Crippen LogP contribution < -0.4 is 9.47 Å². The molecule has 3 nitrogen and oxygen atoms in total. The number of methoxy groups -OCH3 is 1. The molecule has 2 aromatic rings. The molecule has 5 heteroatoms. The number of hydrogen-bond donors (Lipinski definition) is 1. The molecule has 0 aliphatic heterocycles. The standard InChI is InChI=1S/C16H16F2O3/c1-3-21-14-7-5-4-6-11(14)16(19)15-12(17)8-10(20-2)9-13(15)18/h4-9,16,19H,3H2,1-2H3. The third-order valence-electron chi connectivity index (χ3n) is 3.08. The normalized spacial score (nSPS) is 12.0. The monoisotopic (exact) mass is 294 g/mol. The molecular weight excluding hydrogens is 278 g/mol. The van der Waals surface area contributed by atoms with Crippen LogP contribution >= 0.6 is 0 Å². The molecule has 2 aromatic carbocycles. The van der Waals surface area contributed by atoms with E-state index in [0.29, 0.717) is 17.9 Å². The molecule has 1 N–H and O–H groups in total. The highest BCUT2D eigenvalue weighted by molar-refractivity contribution is 5.42. The predicted octanol–water partition coefficient (Wildman–Crippen LogP) is 3.45. The highest BCUT2D eigenvalue weighted by Gasteiger charge is 2.23. The molecule has 1 atom stereocenters. The molecule has 0 saturated carbocycles. The number of para-hydroxylation sites is 1. The van der Waals surface area contributed by atoms with Crippen LogP contribution in [0.15, 0.2) is 36.4 Å². The topological polar surface area (TPSA) is 38.7 Å². The van der Waals surface area contributed by atoms with E-state index in [-0.39, 0.29) is 5.75 Å². The van der Waals surface area contributed by atoms with Gasteiger partial charge in [0.1, 0.15) is 29.2 Å². The zero-order chi connectivity index (χ0) is 15.4. The SMILES string of the molecule is CCOc1ccccc1C(O)c1c(F)cc(OC)cc1F. The number of rotatable bonds is 5. The highest BCUT2D eigenvalue weighted by Crippen LogP contribution is 2.34. The Balaban J connectivity index is 2.47. The van der Waals surface area contributed by atoms with Crippen LogP contribution in [-0.2, 0) is 0 Å². The zero-order valence-corrected chi connectivity index (χ0v) is 11.8. The number of hydrogen-bond acceptors (Lipinski definition) is 3. The molecule has 1 unspecified atom stereocenters. The molecule has 21 heavy (non-hydrogen) atoms. The lowest BCUT2D eigenvalue weighted by molar-refractivity contribution is 0.201. The minimum atomic E-state index is -1.46. The first-order valence-corrected chi connectivity index (χ1v) is 6.51. The number of aliphatic hydroxyl groups is 1. The summed E-state index contributed by atoms with van der Waals surface area (Å²) in [5.74, 6) is -1.29. The molecule has 112 valence electrons. The van der Waals surface area contributed by atoms with Gasteiger partial charge in [0.15, 0.2) is 0 Å². The molecule has 0 saturated heterocycles. The van der Waals surface area contributed by atoms with Crippen molar-refractivity contribution >= 4 is 0 Å². The summed E-state index contributed by atoms with van der Waals surface area (Å²) >= 11 is 0. The average Bonchev–Trinajstić information content (AvgIpc) is 2.47. The Kier molecular flexibility index (Phi) is 4.75. The van der Waals surface area contributed by atoms with Crippen molar-refractivity contribution in [2.24, 2.45) is 0 Å². The van der Waals surface area contributed by atoms with Crippen molar-refractivity contribution in [2.75, 3.05) is 13.7 Å². The molecule has 0 heterocycles. The molecule has 0 radical (unpaired) electrons. The second-order valence-corrected chi connectivity index (χ2v) is 4.38. The van der Waals surface area contributed by atoms with Crippen molar-refractivity contribution in [1.82, 2.24) is 0 Å². The Labute approximate surface area is 121 Å². The molecule has 0 amide bonds. The van der Waals surface area contributed by atoms with Gasteiger partial charge in [0.25, 0.3) is 0 Å². The van der Waals surface area contributed by atoms with Crippen molar-refractivity contribution in [3.8, 4) is 11.5 Å². The van der Waals surface area contributed by atoms with Gasteiger partial charge in [-0.15, -0.1) is 0 Å². The number of ether oxygens (including phenoxy) is 2. The van der Waals surface area contributed by atoms with Gasteiger partial charge < -0.3 is 14.6 Å². The Morgan fingerprint density at radius 1 is 1.14 bits per heavy atom. The molecular formula is C16H16F2O3. The van der Waals surface area contributed by atoms with Crippen LogP contribution in [0.4, 0.5) is 8.78 Å². The molecule has 2 rings (SSSR count). The van der Waals surface area contributed by atoms with E-state index in [1.807, 2.05) is 0 Å². The van der Waals surface area contributed by atoms with E-state index < -0.39 is 23.3 Å². The van der Waals surface area contributed by atoms with Gasteiger partial charge in [-0.2, -0.15) is 0 Å². The maximum absolute atomic E-state index is 14.0. The number of halogens is 2. The zero-order valence-electron chi connectivity index (χ0n) is 11.8. The summed E-state index contributed by atoms with van der Waals surface area (Å²) in [6.45, 7) is 2.18. The predicted molar refractivity (Wildman–Crippen MR) is 74.6 cm³/mol. The summed E-state index contributed by atoms with van der Waals surface area (Å²) in [6, 6.07) is 8.67. The Bertz CT molecular complexity index is 606. The summed E-state index contributed by atoms with van der Waals surface area (Å²) < 4.78 is 38.2. The van der Waals surface area contributed by atoms with Crippen molar-refractivity contribution in [1.29, 1.82) is 0 Å². The maximum Gasteiger partial charge on any atom is 0.135 e. The second-order valence-electron chi connectivity index (χ2n) is 4.38. The molecule has 0 aromatic heterocycles. The van der Waals surface area contributed by atoms with Gasteiger partial charge in [-0.3, -0.25) is 0 Å². The van der Waals surface area contributed by atoms with Gasteiger partial charge in [-0.25, -0.2) is 8.78 Å². The quantitative estimate of drug-likeness (QED) is 0.918. The van der Waals surface area contributed by atoms with Gasteiger partial charge in [-0.05, 0) is 13.0 Å². The first kappa shape index (κ1) is 15.3. The lowest BCUT2D eigenvalue weighted by Gasteiger charge is -2.17. The van der Waals surface area contributed by atoms with Gasteiger partial charge in [-0.1, -0.05) is 18.2 Å². The molecule has 0 bridgehead atoms. The van der Waals surface area contributed by atoms with Crippen molar-refractivity contribution in [2.45, 2.75) is 13.0 Å². The van der Waals surface area contributed by atoms with E-state index in [2.05, 4.69) is 0 Å². The largest absolute Gasteiger partial charge is 0.497 e. The lowest BCUT2D eigenvalue weighted by Crippen LogP contribution is -2.08. The minimum Gasteiger partial charge on any atom is -0.497 e. The van der Waals surface area contributed by atoms with Crippen molar-refractivity contribution in [3.05, 3.63) is 59.2 Å². The Hall–Kier alpha value is -2.14. The molecule has 0 aliphatic carbocycles. The van der Waals surface area contributed by atoms with Crippen LogP contribution in [0.3, 0.4) is 0 Å². The highest BCUT2D eigenvalue weighted by atomic mass is 19.1. The van der Waals surface area contributed by atoms with E-state index in [1.54, 1.807) is 31.2 Å². The van der Waals surface area contributed by atoms with Crippen LogP contribution in [0.5, 0.6) is 11.5 Å². The van der Waals surface area contributed by atoms with Crippen LogP contribution in [0.1, 0.15) is 24.2 Å². The smallest absolute Gasteiger partial charge is 0.135 e. The molecule has 0 spiro atoms. The summed E-state index contributed by atoms with van der Waals surface area (Å²) in [6.07, 6.45) is -1.46. The second kappa shape index (κ2) is 6.54. The number of benzene rings is 2. The number of aliphatic hydroxyl groups excluding tert-OH is 1. The molecule has 0 aliphatic rings. The van der Waals surface area contributed by atoms with E-state index in [4.69, 9.17) is 9.47 Å². The third-order valence-corrected chi connectivity index (χ3v) is 3.08. The fraction of sp³-hybridized carbons (Fsp3) is 0.250. The minimum absolute atomic E-state index is 0.0547. The first-order chi connectivity index (χ1) is 10.1. The lowest BCUT2D eigenvalue weighted by atomic mass is 9.99. The fourth-order valence-electron chi connectivity index (χ4n) is 2.09. The molecule has 0 fully saturated rings. The summed E-state index contributed by atoms with van der Waals surface area (Å²) in [4.78, 5) is 0. The van der Waals surface area contributed by atoms with Crippen LogP contribution in [0, 0.1) is 11.6 Å². The van der Waals surface area contributed by atoms with Gasteiger partial charge >= 0.3 is 0 Å². The fourth-order valence-corrected chi connectivity index (χ4v) is 2.09. The van der Waals surface area contributed by atoms with E-state index in [1.165, 1.54) is 7.11 Å². The summed E-state index contributed by atoms with van der Waals surface area (Å²) in [7, 11) is 1.31. The van der Waals surface area contributed by atoms with E-state index in [0.717, 1.165) is 12.1 Å². The van der Waals surface area contributed by atoms with E-state index in [9.17, 15) is 13.9 Å². The van der Waals surface area contributed by atoms with Crippen LogP contribution in [0.2, 0.25) is 0 Å². The maximum atomic E-state index is 14.0. The van der Waals surface area contributed by atoms with Gasteiger partial charge in [0, 0.05) is 17.7 Å². The Morgan fingerprint density at radius 3 is 2.33 bits per heavy atom. The first-order valence-electron chi connectivity index (χ1n) is 6.51. The van der Waals surface area contributed by atoms with Crippen LogP contribution in [-0.4, -0.2) is 18.8 Å². The average molecular weight is 294 g/mol. The Morgan fingerprint density at radius 2 is 1.76 bits per heavy atom. The van der Waals surface area contributed by atoms with Gasteiger partial charge in [0.2, 0.25) is 0 Å². The van der Waals surface area contributed by atoms with Crippen molar-refractivity contribution in [3.63, 3.8) is 0 Å². The van der Waals surface area contributed by atoms with Gasteiger partial charge in [0.05, 0.1) is 19.3 Å². The third kappa shape index (κ3) is 3.13. The van der Waals surface area contributed by atoms with Crippen LogP contribution in [0.25, 0.3) is 0 Å². The van der Waals surface area contributed by atoms with Crippen molar-refractivity contribution < 1.29 is 23.4 Å². The summed E-state index contributed by atoms with van der Waals surface area (Å²) in [5.41, 5.74) is -0.120. The van der Waals surface area contributed by atoms with E-state index >= 15 is 0 Å².